The Morgan fingerprint density at radius 3 is 2.64 bits per heavy atom. The zero-order valence-electron chi connectivity index (χ0n) is 13.9. The summed E-state index contributed by atoms with van der Waals surface area (Å²) >= 11 is 0. The second-order valence-electron chi connectivity index (χ2n) is 6.64. The number of likely N-dealkylation sites (tertiary alicyclic amines) is 1. The highest BCUT2D eigenvalue weighted by molar-refractivity contribution is 5.93. The number of aromatic carboxylic acids is 1. The maximum atomic E-state index is 14.7. The minimum atomic E-state index is -1.37. The predicted molar refractivity (Wildman–Crippen MR) is 89.8 cm³/mol. The minimum Gasteiger partial charge on any atom is -0.477 e. The monoisotopic (exact) mass is 347 g/mol. The summed E-state index contributed by atoms with van der Waals surface area (Å²) in [7, 11) is 3.43. The smallest absolute Gasteiger partial charge is 0.341 e. The van der Waals surface area contributed by atoms with Crippen molar-refractivity contribution < 1.29 is 19.1 Å². The molecule has 1 N–H and O–H groups in total. The van der Waals surface area contributed by atoms with Gasteiger partial charge in [0.25, 0.3) is 0 Å². The van der Waals surface area contributed by atoms with Gasteiger partial charge in [0.2, 0.25) is 5.43 Å². The largest absolute Gasteiger partial charge is 0.477 e. The molecule has 2 unspecified atom stereocenters. The Morgan fingerprint density at radius 2 is 2.08 bits per heavy atom. The van der Waals surface area contributed by atoms with E-state index in [4.69, 9.17) is 9.94 Å². The Balaban J connectivity index is 1.89. The van der Waals surface area contributed by atoms with Crippen molar-refractivity contribution in [2.45, 2.75) is 18.5 Å². The number of nitrogens with zero attached hydrogens (tertiary/aromatic N) is 3. The number of anilines is 1. The molecular formula is C17H18FN3O4. The third-order valence-electron chi connectivity index (χ3n) is 5.29. The van der Waals surface area contributed by atoms with Crippen molar-refractivity contribution in [2.24, 2.45) is 0 Å². The number of fused-ring (bicyclic) bond motifs is 3. The summed E-state index contributed by atoms with van der Waals surface area (Å²) in [6, 6.07) is 3.33. The van der Waals surface area contributed by atoms with Gasteiger partial charge in [0.05, 0.1) is 22.8 Å². The summed E-state index contributed by atoms with van der Waals surface area (Å²) in [5, 5.41) is 9.15. The Morgan fingerprint density at radius 1 is 1.32 bits per heavy atom. The molecular weight excluding hydrogens is 329 g/mol. The highest BCUT2D eigenvalue weighted by Gasteiger charge is 2.42. The summed E-state index contributed by atoms with van der Waals surface area (Å²) in [5.74, 6) is -1.90. The molecule has 2 aliphatic rings. The molecule has 2 aliphatic heterocycles. The van der Waals surface area contributed by atoms with E-state index in [2.05, 4.69) is 11.9 Å². The van der Waals surface area contributed by atoms with E-state index in [1.807, 2.05) is 4.90 Å². The van der Waals surface area contributed by atoms with Gasteiger partial charge in [-0.3, -0.25) is 9.69 Å². The van der Waals surface area contributed by atoms with Crippen LogP contribution in [0, 0.1) is 5.82 Å². The summed E-state index contributed by atoms with van der Waals surface area (Å²) in [4.78, 5) is 33.1. The number of pyridine rings is 1. The first-order chi connectivity index (χ1) is 11.9. The van der Waals surface area contributed by atoms with Crippen molar-refractivity contribution in [2.75, 3.05) is 32.1 Å². The van der Waals surface area contributed by atoms with Gasteiger partial charge in [0.15, 0.2) is 0 Å². The van der Waals surface area contributed by atoms with Crippen molar-refractivity contribution in [3.8, 4) is 0 Å². The van der Waals surface area contributed by atoms with Crippen LogP contribution in [0.15, 0.2) is 23.1 Å². The first-order valence-electron chi connectivity index (χ1n) is 8.04. The van der Waals surface area contributed by atoms with E-state index in [-0.39, 0.29) is 11.4 Å². The number of carboxylic acids is 1. The van der Waals surface area contributed by atoms with Gasteiger partial charge in [0, 0.05) is 25.2 Å². The normalized spacial score (nSPS) is 22.8. The fraction of sp³-hybridized carbons (Fsp3) is 0.412. The number of benzene rings is 1. The van der Waals surface area contributed by atoms with Crippen LogP contribution < -0.4 is 15.2 Å². The van der Waals surface area contributed by atoms with Gasteiger partial charge in [-0.05, 0) is 25.6 Å². The molecule has 2 bridgehead atoms. The van der Waals surface area contributed by atoms with Crippen LogP contribution >= 0.6 is 0 Å². The molecule has 3 heterocycles. The van der Waals surface area contributed by atoms with Crippen LogP contribution in [-0.4, -0.2) is 60.0 Å². The van der Waals surface area contributed by atoms with Crippen molar-refractivity contribution >= 4 is 22.6 Å². The van der Waals surface area contributed by atoms with Crippen LogP contribution in [-0.2, 0) is 0 Å². The van der Waals surface area contributed by atoms with Crippen LogP contribution in [0.4, 0.5) is 10.1 Å². The van der Waals surface area contributed by atoms with Gasteiger partial charge >= 0.3 is 5.97 Å². The third-order valence-corrected chi connectivity index (χ3v) is 5.29. The molecule has 1 aromatic carbocycles. The molecule has 0 spiro atoms. The van der Waals surface area contributed by atoms with Crippen molar-refractivity contribution in [1.29, 1.82) is 0 Å². The molecule has 2 fully saturated rings. The van der Waals surface area contributed by atoms with E-state index < -0.39 is 22.8 Å². The molecule has 0 saturated carbocycles. The molecule has 2 atom stereocenters. The van der Waals surface area contributed by atoms with E-state index in [1.54, 1.807) is 6.07 Å². The Bertz CT molecular complexity index is 940. The van der Waals surface area contributed by atoms with Crippen LogP contribution in [0.2, 0.25) is 0 Å². The summed E-state index contributed by atoms with van der Waals surface area (Å²) in [5.41, 5.74) is -0.404. The van der Waals surface area contributed by atoms with Gasteiger partial charge in [0.1, 0.15) is 18.5 Å². The van der Waals surface area contributed by atoms with Crippen molar-refractivity contribution in [1.82, 2.24) is 9.63 Å². The first-order valence-corrected chi connectivity index (χ1v) is 8.04. The Hall–Kier alpha value is -2.61. The lowest BCUT2D eigenvalue weighted by Gasteiger charge is -2.34. The molecule has 2 aromatic rings. The summed E-state index contributed by atoms with van der Waals surface area (Å²) in [6.45, 7) is 1.60. The average Bonchev–Trinajstić information content (AvgIpc) is 3.14. The molecule has 0 radical (unpaired) electrons. The minimum absolute atomic E-state index is 0.00975. The number of hydrogen-bond donors (Lipinski definition) is 1. The standard InChI is InChI=1S/C17H18FN3O4/c1-19-6-10-3-9(19)7-20(10)15-5-14-11(4-13(15)18)16(22)12(17(23)24)8-21(14)25-2/h4-5,8-10H,3,6-7H2,1-2H3,(H,23,24). The number of halogens is 1. The molecule has 0 amide bonds. The topological polar surface area (TPSA) is 75.0 Å². The van der Waals surface area contributed by atoms with Crippen LogP contribution in [0.5, 0.6) is 0 Å². The molecule has 2 saturated heterocycles. The second-order valence-corrected chi connectivity index (χ2v) is 6.64. The van der Waals surface area contributed by atoms with Crippen molar-refractivity contribution in [3.63, 3.8) is 0 Å². The molecule has 4 rings (SSSR count). The lowest BCUT2D eigenvalue weighted by Crippen LogP contribution is -2.44. The number of rotatable bonds is 3. The van der Waals surface area contributed by atoms with Crippen LogP contribution in [0.25, 0.3) is 10.9 Å². The maximum Gasteiger partial charge on any atom is 0.341 e. The van der Waals surface area contributed by atoms with E-state index in [0.29, 0.717) is 17.2 Å². The van der Waals surface area contributed by atoms with E-state index in [9.17, 15) is 14.0 Å². The maximum absolute atomic E-state index is 14.7. The second kappa shape index (κ2) is 5.45. The van der Waals surface area contributed by atoms with Gasteiger partial charge in [-0.1, -0.05) is 0 Å². The number of carbonyl (C=O) groups is 1. The highest BCUT2D eigenvalue weighted by atomic mass is 19.1. The van der Waals surface area contributed by atoms with E-state index in [0.717, 1.165) is 31.8 Å². The third kappa shape index (κ3) is 2.28. The summed E-state index contributed by atoms with van der Waals surface area (Å²) < 4.78 is 15.9. The van der Waals surface area contributed by atoms with Gasteiger partial charge in [-0.15, -0.1) is 0 Å². The number of piperazine rings is 1. The lowest BCUT2D eigenvalue weighted by atomic mass is 10.1. The molecule has 25 heavy (non-hydrogen) atoms. The Kier molecular flexibility index (Phi) is 3.47. The van der Waals surface area contributed by atoms with E-state index >= 15 is 0 Å². The van der Waals surface area contributed by atoms with Gasteiger partial charge < -0.3 is 14.8 Å². The summed E-state index contributed by atoms with van der Waals surface area (Å²) in [6.07, 6.45) is 2.11. The molecule has 8 heteroatoms. The Labute approximate surface area is 142 Å². The lowest BCUT2D eigenvalue weighted by molar-refractivity contribution is 0.0691. The highest BCUT2D eigenvalue weighted by Crippen LogP contribution is 2.36. The van der Waals surface area contributed by atoms with Gasteiger partial charge in [-0.2, -0.15) is 4.73 Å². The molecule has 1 aromatic heterocycles. The predicted octanol–water partition coefficient (Wildman–Crippen LogP) is 0.790. The SMILES string of the molecule is COn1cc(C(=O)O)c(=O)c2cc(F)c(N3CC4CC3CN4C)cc21. The fourth-order valence-corrected chi connectivity index (χ4v) is 3.99. The number of aromatic nitrogens is 1. The molecule has 7 nitrogen and oxygen atoms in total. The van der Waals surface area contributed by atoms with Crippen molar-refractivity contribution in [3.05, 3.63) is 39.9 Å². The van der Waals surface area contributed by atoms with Crippen LogP contribution in [0.3, 0.4) is 0 Å². The number of carboxylic acid groups (broad SMARTS) is 1. The van der Waals surface area contributed by atoms with E-state index in [1.165, 1.54) is 11.8 Å². The number of likely N-dealkylation sites (N-methyl/N-ethyl adjacent to an activating group) is 1. The fourth-order valence-electron chi connectivity index (χ4n) is 3.99. The first kappa shape index (κ1) is 15.9. The zero-order valence-corrected chi connectivity index (χ0v) is 13.9. The molecule has 0 aliphatic carbocycles. The van der Waals surface area contributed by atoms with Crippen LogP contribution in [0.1, 0.15) is 16.8 Å². The zero-order chi connectivity index (χ0) is 17.9. The van der Waals surface area contributed by atoms with Gasteiger partial charge in [-0.25, -0.2) is 9.18 Å². The average molecular weight is 347 g/mol. The quantitative estimate of drug-likeness (QED) is 0.885. The number of hydrogen-bond acceptors (Lipinski definition) is 5. The molecule has 132 valence electrons.